The molecule has 0 bridgehead atoms. The van der Waals surface area contributed by atoms with Gasteiger partial charge in [-0.3, -0.25) is 0 Å². The number of hydrogen-bond donors (Lipinski definition) is 1. The van der Waals surface area contributed by atoms with Crippen LogP contribution >= 0.6 is 0 Å². The summed E-state index contributed by atoms with van der Waals surface area (Å²) in [4.78, 5) is 11.1. The Bertz CT molecular complexity index is 577. The number of carbonyl (C=O) groups is 1. The standard InChI is InChI=1S/C14H16N2O4/c1-3-20-13(14(17)18)16-9-8-12(15-16)10-4-6-11(19-2)7-5-10/h4-9,13H,3H2,1-2H3,(H,17,18)/t13-/m0/s1. The molecule has 0 aliphatic carbocycles. The number of nitrogens with zero attached hydrogens (tertiary/aromatic N) is 2. The van der Waals surface area contributed by atoms with Gasteiger partial charge in [-0.2, -0.15) is 5.10 Å². The molecule has 1 aromatic carbocycles. The summed E-state index contributed by atoms with van der Waals surface area (Å²) in [6.07, 6.45) is 0.487. The maximum absolute atomic E-state index is 11.1. The van der Waals surface area contributed by atoms with E-state index in [1.807, 2.05) is 24.3 Å². The van der Waals surface area contributed by atoms with Crippen LogP contribution in [0.15, 0.2) is 36.5 Å². The molecule has 2 aromatic rings. The van der Waals surface area contributed by atoms with Gasteiger partial charge in [0.2, 0.25) is 6.23 Å². The van der Waals surface area contributed by atoms with Crippen LogP contribution in [0.5, 0.6) is 5.75 Å². The quantitative estimate of drug-likeness (QED) is 0.875. The van der Waals surface area contributed by atoms with Crippen molar-refractivity contribution < 1.29 is 19.4 Å². The lowest BCUT2D eigenvalue weighted by Gasteiger charge is -2.12. The number of rotatable bonds is 6. The Morgan fingerprint density at radius 3 is 2.60 bits per heavy atom. The van der Waals surface area contributed by atoms with Crippen LogP contribution in [0.25, 0.3) is 11.3 Å². The molecule has 0 aliphatic heterocycles. The summed E-state index contributed by atoms with van der Waals surface area (Å²) in [6, 6.07) is 9.12. The summed E-state index contributed by atoms with van der Waals surface area (Å²) < 4.78 is 11.5. The minimum absolute atomic E-state index is 0.300. The van der Waals surface area contributed by atoms with Crippen molar-refractivity contribution >= 4 is 5.97 Å². The van der Waals surface area contributed by atoms with Crippen molar-refractivity contribution in [3.63, 3.8) is 0 Å². The average Bonchev–Trinajstić information content (AvgIpc) is 2.94. The van der Waals surface area contributed by atoms with Crippen molar-refractivity contribution in [3.05, 3.63) is 36.5 Å². The van der Waals surface area contributed by atoms with Crippen LogP contribution in [0.1, 0.15) is 13.2 Å². The SMILES string of the molecule is CCO[C@@H](C(=O)O)n1ccc(-c2ccc(OC)cc2)n1. The number of methoxy groups -OCH3 is 1. The minimum atomic E-state index is -1.10. The second kappa shape index (κ2) is 6.21. The number of benzene rings is 1. The molecule has 1 aromatic heterocycles. The summed E-state index contributed by atoms with van der Waals surface area (Å²) >= 11 is 0. The van der Waals surface area contributed by atoms with Gasteiger partial charge in [0.15, 0.2) is 0 Å². The lowest BCUT2D eigenvalue weighted by Crippen LogP contribution is -2.22. The fraction of sp³-hybridized carbons (Fsp3) is 0.286. The van der Waals surface area contributed by atoms with E-state index < -0.39 is 12.2 Å². The molecule has 6 heteroatoms. The number of aromatic nitrogens is 2. The van der Waals surface area contributed by atoms with E-state index in [4.69, 9.17) is 14.6 Å². The number of aliphatic carboxylic acids is 1. The lowest BCUT2D eigenvalue weighted by molar-refractivity contribution is -0.157. The van der Waals surface area contributed by atoms with Gasteiger partial charge in [0.25, 0.3) is 0 Å². The first-order valence-electron chi connectivity index (χ1n) is 6.19. The fourth-order valence-electron chi connectivity index (χ4n) is 1.80. The van der Waals surface area contributed by atoms with Crippen LogP contribution in [-0.2, 0) is 9.53 Å². The predicted octanol–water partition coefficient (Wildman–Crippen LogP) is 2.18. The molecule has 1 atom stereocenters. The van der Waals surface area contributed by atoms with Gasteiger partial charge in [0.05, 0.1) is 12.8 Å². The van der Waals surface area contributed by atoms with Gasteiger partial charge < -0.3 is 14.6 Å². The summed E-state index contributed by atoms with van der Waals surface area (Å²) in [5, 5.41) is 13.3. The zero-order valence-corrected chi connectivity index (χ0v) is 11.3. The molecule has 0 unspecified atom stereocenters. The van der Waals surface area contributed by atoms with Gasteiger partial charge in [-0.15, -0.1) is 0 Å². The fourth-order valence-corrected chi connectivity index (χ4v) is 1.80. The Kier molecular flexibility index (Phi) is 4.37. The highest BCUT2D eigenvalue weighted by molar-refractivity contribution is 5.70. The Labute approximate surface area is 116 Å². The first kappa shape index (κ1) is 14.1. The Balaban J connectivity index is 2.24. The molecule has 0 aliphatic rings. The van der Waals surface area contributed by atoms with Gasteiger partial charge in [-0.1, -0.05) is 0 Å². The normalized spacial score (nSPS) is 12.1. The van der Waals surface area contributed by atoms with Crippen LogP contribution in [0, 0.1) is 0 Å². The zero-order chi connectivity index (χ0) is 14.5. The van der Waals surface area contributed by atoms with Crippen LogP contribution in [-0.4, -0.2) is 34.6 Å². The van der Waals surface area contributed by atoms with E-state index in [2.05, 4.69) is 5.10 Å². The second-order valence-electron chi connectivity index (χ2n) is 4.06. The van der Waals surface area contributed by atoms with Crippen LogP contribution in [0.2, 0.25) is 0 Å². The van der Waals surface area contributed by atoms with Crippen molar-refractivity contribution in [2.75, 3.05) is 13.7 Å². The van der Waals surface area contributed by atoms with Crippen molar-refractivity contribution in [1.82, 2.24) is 9.78 Å². The molecule has 0 saturated heterocycles. The van der Waals surface area contributed by atoms with Crippen molar-refractivity contribution in [2.24, 2.45) is 0 Å². The van der Waals surface area contributed by atoms with E-state index in [1.165, 1.54) is 4.68 Å². The maximum atomic E-state index is 11.1. The molecule has 0 saturated carbocycles. The molecule has 1 N–H and O–H groups in total. The first-order valence-corrected chi connectivity index (χ1v) is 6.19. The molecule has 2 rings (SSSR count). The highest BCUT2D eigenvalue weighted by Crippen LogP contribution is 2.21. The van der Waals surface area contributed by atoms with E-state index in [9.17, 15) is 4.79 Å². The topological polar surface area (TPSA) is 73.6 Å². The highest BCUT2D eigenvalue weighted by Gasteiger charge is 2.20. The molecule has 20 heavy (non-hydrogen) atoms. The molecule has 6 nitrogen and oxygen atoms in total. The largest absolute Gasteiger partial charge is 0.497 e. The summed E-state index contributed by atoms with van der Waals surface area (Å²) in [7, 11) is 1.60. The van der Waals surface area contributed by atoms with E-state index >= 15 is 0 Å². The van der Waals surface area contributed by atoms with Crippen LogP contribution in [0.3, 0.4) is 0 Å². The molecule has 106 valence electrons. The van der Waals surface area contributed by atoms with Crippen molar-refractivity contribution in [1.29, 1.82) is 0 Å². The number of carboxylic acids is 1. The molecular weight excluding hydrogens is 260 g/mol. The van der Waals surface area contributed by atoms with E-state index in [0.29, 0.717) is 12.3 Å². The molecule has 0 radical (unpaired) electrons. The smallest absolute Gasteiger partial charge is 0.356 e. The van der Waals surface area contributed by atoms with Crippen LogP contribution < -0.4 is 4.74 Å². The molecule has 0 spiro atoms. The summed E-state index contributed by atoms with van der Waals surface area (Å²) in [6.45, 7) is 2.04. The van der Waals surface area contributed by atoms with E-state index in [0.717, 1.165) is 11.3 Å². The number of ether oxygens (including phenoxy) is 2. The van der Waals surface area contributed by atoms with Gasteiger partial charge in [-0.25, -0.2) is 9.48 Å². The Hall–Kier alpha value is -2.34. The van der Waals surface area contributed by atoms with E-state index in [1.54, 1.807) is 26.3 Å². The second-order valence-corrected chi connectivity index (χ2v) is 4.06. The van der Waals surface area contributed by atoms with Gasteiger partial charge in [0, 0.05) is 18.4 Å². The predicted molar refractivity (Wildman–Crippen MR) is 72.5 cm³/mol. The number of carboxylic acid groups (broad SMARTS) is 1. The summed E-state index contributed by atoms with van der Waals surface area (Å²) in [5.74, 6) is -0.317. The third-order valence-corrected chi connectivity index (χ3v) is 2.77. The number of hydrogen-bond acceptors (Lipinski definition) is 4. The van der Waals surface area contributed by atoms with Gasteiger partial charge in [0.1, 0.15) is 5.75 Å². The average molecular weight is 276 g/mol. The molecule has 0 amide bonds. The molecular formula is C14H16N2O4. The minimum Gasteiger partial charge on any atom is -0.497 e. The van der Waals surface area contributed by atoms with Gasteiger partial charge >= 0.3 is 5.97 Å². The molecule has 1 heterocycles. The van der Waals surface area contributed by atoms with E-state index in [-0.39, 0.29) is 0 Å². The third kappa shape index (κ3) is 2.97. The monoisotopic (exact) mass is 276 g/mol. The first-order chi connectivity index (χ1) is 9.65. The lowest BCUT2D eigenvalue weighted by atomic mass is 10.1. The highest BCUT2D eigenvalue weighted by atomic mass is 16.5. The van der Waals surface area contributed by atoms with Crippen molar-refractivity contribution in [2.45, 2.75) is 13.2 Å². The van der Waals surface area contributed by atoms with Crippen LogP contribution in [0.4, 0.5) is 0 Å². The summed E-state index contributed by atoms with van der Waals surface area (Å²) in [5.41, 5.74) is 1.56. The third-order valence-electron chi connectivity index (χ3n) is 2.77. The Morgan fingerprint density at radius 2 is 2.05 bits per heavy atom. The molecule has 0 fully saturated rings. The van der Waals surface area contributed by atoms with Crippen molar-refractivity contribution in [3.8, 4) is 17.0 Å². The van der Waals surface area contributed by atoms with Gasteiger partial charge in [-0.05, 0) is 37.3 Å². The zero-order valence-electron chi connectivity index (χ0n) is 11.3. The Morgan fingerprint density at radius 1 is 1.35 bits per heavy atom. The maximum Gasteiger partial charge on any atom is 0.356 e.